The largest absolute Gasteiger partial charge is 0.652 e. The summed E-state index contributed by atoms with van der Waals surface area (Å²) in [7, 11) is 0. The molecule has 0 aromatic carbocycles. The maximum Gasteiger partial charge on any atom is 0 e. The Morgan fingerprint density at radius 2 is 1.33 bits per heavy atom. The molecule has 0 aliphatic carbocycles. The number of hydrogen-bond acceptors (Lipinski definition) is 3. The molecule has 4 nitrogen and oxygen atoms in total. The third kappa shape index (κ3) is 5000. The van der Waals surface area contributed by atoms with Gasteiger partial charge in [0.25, 0.3) is 0 Å². The molecule has 0 aliphatic rings. The third-order valence-electron chi connectivity index (χ3n) is 0. The minimum Gasteiger partial charge on any atom is -0.652 e. The first kappa shape index (κ1) is 16.8. The molecule has 0 spiro atoms. The molecule has 0 aromatic heterocycles. The summed E-state index contributed by atoms with van der Waals surface area (Å²) < 4.78 is 0. The van der Waals surface area contributed by atoms with E-state index in [2.05, 4.69) is 0 Å². The van der Waals surface area contributed by atoms with E-state index in [1.54, 1.807) is 0 Å². The molecule has 0 radical (unpaired) electrons. The summed E-state index contributed by atoms with van der Waals surface area (Å²) >= 11 is 0. The average Bonchev–Trinajstić information content (AvgIpc) is 0.811. The molecule has 38 valence electrons. The van der Waals surface area contributed by atoms with Gasteiger partial charge in [0, 0.05) is 21.1 Å². The first-order chi connectivity index (χ1) is 1.73. The van der Waals surface area contributed by atoms with Crippen molar-refractivity contribution in [2.24, 2.45) is 0 Å². The first-order valence-electron chi connectivity index (χ1n) is 0.612. The molecule has 0 atom stereocenters. The van der Waals surface area contributed by atoms with E-state index in [4.69, 9.17) is 15.0 Å². The summed E-state index contributed by atoms with van der Waals surface area (Å²) in [6.45, 7) is 0. The predicted octanol–water partition coefficient (Wildman–Crippen LogP) is -2.07. The zero-order valence-electron chi connectivity index (χ0n) is 3.13. The summed E-state index contributed by atoms with van der Waals surface area (Å²) in [5.74, 6) is 0. The zero-order chi connectivity index (χ0) is 3.58. The summed E-state index contributed by atoms with van der Waals surface area (Å²) in [5.41, 5.74) is 0. The van der Waals surface area contributed by atoms with Crippen molar-refractivity contribution in [1.29, 1.82) is 0 Å². The fourth-order valence-electron chi connectivity index (χ4n) is 0. The predicted molar refractivity (Wildman–Crippen MR) is 11.4 cm³/mol. The molecule has 6 heavy (non-hydrogen) atoms. The number of quaternary nitrogens is 1. The van der Waals surface area contributed by atoms with Gasteiger partial charge >= 0.3 is 0 Å². The van der Waals surface area contributed by atoms with Crippen molar-refractivity contribution in [1.82, 2.24) is 6.15 Å². The van der Waals surface area contributed by atoms with Crippen LogP contribution in [0.5, 0.6) is 0 Å². The van der Waals surface area contributed by atoms with Crippen LogP contribution in [-0.4, -0.2) is 6.16 Å². The smallest absolute Gasteiger partial charge is 0 e. The van der Waals surface area contributed by atoms with Crippen LogP contribution >= 0.6 is 0 Å². The second-order valence-electron chi connectivity index (χ2n) is 0.250. The number of rotatable bonds is 0. The average molecular weight is 174 g/mol. The minimum absolute atomic E-state index is 0. The standard InChI is InChI=1S/CH2O3.Mo.H3N/c2-1(3)4;;/h(H2,2,3,4);;1H3/p-1. The Labute approximate surface area is 49.0 Å². The molecule has 0 rings (SSSR count). The Hall–Kier alpha value is -0.0817. The van der Waals surface area contributed by atoms with Crippen molar-refractivity contribution < 1.29 is 36.1 Å². The second-order valence-corrected chi connectivity index (χ2v) is 0.250. The fraction of sp³-hybridized carbons (Fsp3) is 0. The van der Waals surface area contributed by atoms with Gasteiger partial charge in [0.1, 0.15) is 0 Å². The monoisotopic (exact) mass is 176 g/mol. The van der Waals surface area contributed by atoms with E-state index >= 15 is 0 Å². The Morgan fingerprint density at radius 1 is 1.33 bits per heavy atom. The number of hydrogen-bond donors (Lipinski definition) is 1. The van der Waals surface area contributed by atoms with Crippen LogP contribution in [0.15, 0.2) is 0 Å². The molecule has 0 saturated carbocycles. The van der Waals surface area contributed by atoms with E-state index in [1.807, 2.05) is 0 Å². The van der Waals surface area contributed by atoms with Gasteiger partial charge in [0.15, 0.2) is 0 Å². The van der Waals surface area contributed by atoms with E-state index in [9.17, 15) is 0 Å². The number of carboxylic acid groups (broad SMARTS) is 2. The molecule has 0 bridgehead atoms. The van der Waals surface area contributed by atoms with Gasteiger partial charge in [-0.25, -0.2) is 0 Å². The van der Waals surface area contributed by atoms with Gasteiger partial charge in [-0.2, -0.15) is 0 Å². The second kappa shape index (κ2) is 8.87. The van der Waals surface area contributed by atoms with E-state index < -0.39 is 6.16 Å². The zero-order valence-corrected chi connectivity index (χ0v) is 5.14. The van der Waals surface area contributed by atoms with Crippen LogP contribution in [0.25, 0.3) is 0 Å². The Balaban J connectivity index is -0.0000000450. The molecular formula is CH4MoNO3-. The van der Waals surface area contributed by atoms with Crippen molar-refractivity contribution in [3.63, 3.8) is 0 Å². The normalized spacial score (nSPS) is 4.00. The molecule has 0 aliphatic heterocycles. The van der Waals surface area contributed by atoms with Crippen LogP contribution in [0.2, 0.25) is 0 Å². The van der Waals surface area contributed by atoms with Gasteiger partial charge in [-0.05, 0) is 6.16 Å². The molecule has 0 saturated heterocycles. The van der Waals surface area contributed by atoms with Crippen molar-refractivity contribution in [2.75, 3.05) is 0 Å². The van der Waals surface area contributed by atoms with Crippen LogP contribution in [0.1, 0.15) is 0 Å². The summed E-state index contributed by atoms with van der Waals surface area (Å²) in [4.78, 5) is 8.33. The Morgan fingerprint density at radius 3 is 1.33 bits per heavy atom. The minimum atomic E-state index is -2.33. The summed E-state index contributed by atoms with van der Waals surface area (Å²) in [6, 6.07) is 0. The van der Waals surface area contributed by atoms with E-state index in [-0.39, 0.29) is 27.2 Å². The van der Waals surface area contributed by atoms with Gasteiger partial charge in [-0.15, -0.1) is 0 Å². The summed E-state index contributed by atoms with van der Waals surface area (Å²) in [5, 5.41) is 16.7. The van der Waals surface area contributed by atoms with Gasteiger partial charge in [0.05, 0.1) is 0 Å². The SMILES string of the molecule is O=C([O-])[O-].[Mo].[NH4+]. The van der Waals surface area contributed by atoms with Gasteiger partial charge in [-0.3, -0.25) is 0 Å². The molecule has 0 heterocycles. The molecule has 5 heteroatoms. The fourth-order valence-corrected chi connectivity index (χ4v) is 0. The van der Waals surface area contributed by atoms with Crippen LogP contribution in [0.4, 0.5) is 4.79 Å². The molecule has 0 unspecified atom stereocenters. The van der Waals surface area contributed by atoms with Gasteiger partial charge in [0.2, 0.25) is 0 Å². The third-order valence-corrected chi connectivity index (χ3v) is 0. The Bertz CT molecular complexity index is 33.8. The van der Waals surface area contributed by atoms with E-state index in [0.717, 1.165) is 0 Å². The molecule has 0 amide bonds. The van der Waals surface area contributed by atoms with E-state index in [1.165, 1.54) is 0 Å². The van der Waals surface area contributed by atoms with E-state index in [0.29, 0.717) is 0 Å². The number of carbonyl (C=O) groups is 1. The van der Waals surface area contributed by atoms with Gasteiger partial charge < -0.3 is 21.2 Å². The van der Waals surface area contributed by atoms with Crippen LogP contribution < -0.4 is 16.4 Å². The van der Waals surface area contributed by atoms with Crippen molar-refractivity contribution in [3.8, 4) is 0 Å². The number of carbonyl (C=O) groups excluding carboxylic acids is 1. The maximum atomic E-state index is 8.33. The van der Waals surface area contributed by atoms with Crippen LogP contribution in [-0.2, 0) is 21.1 Å². The molecule has 0 aromatic rings. The van der Waals surface area contributed by atoms with Crippen molar-refractivity contribution in [3.05, 3.63) is 0 Å². The van der Waals surface area contributed by atoms with Crippen LogP contribution in [0.3, 0.4) is 0 Å². The summed E-state index contributed by atoms with van der Waals surface area (Å²) in [6.07, 6.45) is -2.33. The Kier molecular flexibility index (Phi) is 24.8. The van der Waals surface area contributed by atoms with Crippen molar-refractivity contribution in [2.45, 2.75) is 0 Å². The molecular weight excluding hydrogens is 170 g/mol. The maximum absolute atomic E-state index is 8.33. The molecule has 4 N–H and O–H groups in total. The van der Waals surface area contributed by atoms with Crippen LogP contribution in [0, 0.1) is 0 Å². The quantitative estimate of drug-likeness (QED) is 0.426. The first-order valence-corrected chi connectivity index (χ1v) is 0.612. The van der Waals surface area contributed by atoms with Gasteiger partial charge in [-0.1, -0.05) is 0 Å². The topological polar surface area (TPSA) is 99.7 Å². The van der Waals surface area contributed by atoms with Crippen molar-refractivity contribution >= 4 is 6.16 Å². The molecule has 0 fully saturated rings.